The van der Waals surface area contributed by atoms with Crippen LogP contribution in [0, 0.1) is 0 Å². The summed E-state index contributed by atoms with van der Waals surface area (Å²) < 4.78 is 5.37. The number of carbonyl (C=O) groups excluding carboxylic acids is 1. The molecule has 1 heterocycles. The maximum atomic E-state index is 12.3. The number of hydrogen-bond donors (Lipinski definition) is 1. The smallest absolute Gasteiger partial charge is 0.251 e. The lowest BCUT2D eigenvalue weighted by molar-refractivity contribution is 0.0342. The van der Waals surface area contributed by atoms with Gasteiger partial charge in [-0.2, -0.15) is 11.8 Å². The van der Waals surface area contributed by atoms with E-state index in [0.717, 1.165) is 49.9 Å². The van der Waals surface area contributed by atoms with E-state index in [-0.39, 0.29) is 5.91 Å². The summed E-state index contributed by atoms with van der Waals surface area (Å²) in [7, 11) is 0. The van der Waals surface area contributed by atoms with Gasteiger partial charge in [-0.1, -0.05) is 41.4 Å². The van der Waals surface area contributed by atoms with Crippen molar-refractivity contribution in [2.75, 3.05) is 38.6 Å². The monoisotopic (exact) mass is 438 g/mol. The number of rotatable bonds is 8. The summed E-state index contributed by atoms with van der Waals surface area (Å²) in [5.74, 6) is 1.47. The summed E-state index contributed by atoms with van der Waals surface area (Å²) in [6.45, 7) is 4.99. The van der Waals surface area contributed by atoms with Gasteiger partial charge in [-0.3, -0.25) is 9.69 Å². The molecular weight excluding hydrogens is 415 g/mol. The SMILES string of the molecule is O=C(NCCSCc1c(Cl)cccc1Cl)c1ccc(CN2CCOCC2)cc1. The van der Waals surface area contributed by atoms with Crippen molar-refractivity contribution in [3.63, 3.8) is 0 Å². The molecule has 7 heteroatoms. The Balaban J connectivity index is 1.38. The zero-order chi connectivity index (χ0) is 19.8. The van der Waals surface area contributed by atoms with E-state index in [1.807, 2.05) is 42.5 Å². The lowest BCUT2D eigenvalue weighted by Crippen LogP contribution is -2.35. The van der Waals surface area contributed by atoms with Gasteiger partial charge in [0.1, 0.15) is 0 Å². The minimum Gasteiger partial charge on any atom is -0.379 e. The van der Waals surface area contributed by atoms with E-state index < -0.39 is 0 Å². The molecule has 0 aromatic heterocycles. The van der Waals surface area contributed by atoms with Crippen molar-refractivity contribution in [3.8, 4) is 0 Å². The second kappa shape index (κ2) is 11.1. The number of nitrogens with zero attached hydrogens (tertiary/aromatic N) is 1. The average Bonchev–Trinajstić information content (AvgIpc) is 2.71. The first-order chi connectivity index (χ1) is 13.6. The Kier molecular flexibility index (Phi) is 8.49. The molecular formula is C21H24Cl2N2O2S. The van der Waals surface area contributed by atoms with Gasteiger partial charge in [-0.25, -0.2) is 0 Å². The molecule has 2 aromatic carbocycles. The predicted octanol–water partition coefficient (Wildman–Crippen LogP) is 4.49. The van der Waals surface area contributed by atoms with Gasteiger partial charge in [-0.15, -0.1) is 0 Å². The topological polar surface area (TPSA) is 41.6 Å². The van der Waals surface area contributed by atoms with Crippen molar-refractivity contribution in [3.05, 3.63) is 69.2 Å². The number of carbonyl (C=O) groups is 1. The van der Waals surface area contributed by atoms with E-state index in [0.29, 0.717) is 22.2 Å². The van der Waals surface area contributed by atoms with Gasteiger partial charge in [0.05, 0.1) is 13.2 Å². The van der Waals surface area contributed by atoms with Crippen LogP contribution in [0.15, 0.2) is 42.5 Å². The first-order valence-corrected chi connectivity index (χ1v) is 11.2. The number of morpholine rings is 1. The van der Waals surface area contributed by atoms with E-state index in [1.54, 1.807) is 11.8 Å². The molecule has 150 valence electrons. The number of benzene rings is 2. The van der Waals surface area contributed by atoms with Crippen molar-refractivity contribution in [2.45, 2.75) is 12.3 Å². The summed E-state index contributed by atoms with van der Waals surface area (Å²) >= 11 is 14.0. The van der Waals surface area contributed by atoms with Gasteiger partial charge in [0.25, 0.3) is 5.91 Å². The van der Waals surface area contributed by atoms with Crippen molar-refractivity contribution in [2.24, 2.45) is 0 Å². The third kappa shape index (κ3) is 6.39. The molecule has 0 saturated carbocycles. The molecule has 0 aliphatic carbocycles. The van der Waals surface area contributed by atoms with Gasteiger partial charge >= 0.3 is 0 Å². The summed E-state index contributed by atoms with van der Waals surface area (Å²) in [5.41, 5.74) is 2.84. The normalized spacial score (nSPS) is 14.8. The lowest BCUT2D eigenvalue weighted by atomic mass is 10.1. The van der Waals surface area contributed by atoms with Crippen LogP contribution in [0.4, 0.5) is 0 Å². The first kappa shape index (κ1) is 21.5. The highest BCUT2D eigenvalue weighted by atomic mass is 35.5. The zero-order valence-electron chi connectivity index (χ0n) is 15.6. The number of thioether (sulfide) groups is 1. The summed E-state index contributed by atoms with van der Waals surface area (Å²) in [4.78, 5) is 14.7. The molecule has 1 aliphatic rings. The molecule has 1 N–H and O–H groups in total. The summed E-state index contributed by atoms with van der Waals surface area (Å²) in [5, 5.41) is 4.33. The molecule has 0 atom stereocenters. The van der Waals surface area contributed by atoms with E-state index in [1.165, 1.54) is 5.56 Å². The van der Waals surface area contributed by atoms with Crippen LogP contribution < -0.4 is 5.32 Å². The zero-order valence-corrected chi connectivity index (χ0v) is 18.0. The third-order valence-corrected chi connectivity index (χ3v) is 6.26. The highest BCUT2D eigenvalue weighted by Gasteiger charge is 2.11. The van der Waals surface area contributed by atoms with Crippen LogP contribution >= 0.6 is 35.0 Å². The molecule has 0 bridgehead atoms. The van der Waals surface area contributed by atoms with E-state index in [9.17, 15) is 4.79 Å². The van der Waals surface area contributed by atoms with Gasteiger partial charge in [0.15, 0.2) is 0 Å². The molecule has 0 spiro atoms. The van der Waals surface area contributed by atoms with Gasteiger partial charge in [0.2, 0.25) is 0 Å². The molecule has 1 saturated heterocycles. The van der Waals surface area contributed by atoms with Crippen molar-refractivity contribution in [1.82, 2.24) is 10.2 Å². The van der Waals surface area contributed by atoms with Crippen molar-refractivity contribution in [1.29, 1.82) is 0 Å². The molecule has 28 heavy (non-hydrogen) atoms. The largest absolute Gasteiger partial charge is 0.379 e. The lowest BCUT2D eigenvalue weighted by Gasteiger charge is -2.26. The van der Waals surface area contributed by atoms with Gasteiger partial charge < -0.3 is 10.1 Å². The number of halogens is 2. The highest BCUT2D eigenvalue weighted by Crippen LogP contribution is 2.27. The Morgan fingerprint density at radius 3 is 2.43 bits per heavy atom. The molecule has 1 amide bonds. The van der Waals surface area contributed by atoms with Crippen LogP contribution in [0.3, 0.4) is 0 Å². The van der Waals surface area contributed by atoms with Gasteiger partial charge in [0, 0.05) is 53.3 Å². The van der Waals surface area contributed by atoms with Gasteiger partial charge in [-0.05, 0) is 35.4 Å². The fraction of sp³-hybridized carbons (Fsp3) is 0.381. The molecule has 0 radical (unpaired) electrons. The van der Waals surface area contributed by atoms with Crippen LogP contribution in [-0.2, 0) is 17.0 Å². The first-order valence-electron chi connectivity index (χ1n) is 9.31. The highest BCUT2D eigenvalue weighted by molar-refractivity contribution is 7.98. The third-order valence-electron chi connectivity index (χ3n) is 4.57. The number of nitrogens with one attached hydrogen (secondary N) is 1. The number of ether oxygens (including phenoxy) is 1. The molecule has 3 rings (SSSR count). The standard InChI is InChI=1S/C21H24Cl2N2O2S/c22-19-2-1-3-20(23)18(19)15-28-13-8-24-21(26)17-6-4-16(5-7-17)14-25-9-11-27-12-10-25/h1-7H,8-15H2,(H,24,26). The number of amides is 1. The molecule has 1 fully saturated rings. The minimum absolute atomic E-state index is 0.0469. The van der Waals surface area contributed by atoms with E-state index in [2.05, 4.69) is 10.2 Å². The second-order valence-electron chi connectivity index (χ2n) is 6.59. The van der Waals surface area contributed by atoms with E-state index >= 15 is 0 Å². The Labute approximate surface area is 180 Å². The maximum Gasteiger partial charge on any atom is 0.251 e. The molecule has 0 unspecified atom stereocenters. The van der Waals surface area contributed by atoms with Crippen LogP contribution in [-0.4, -0.2) is 49.4 Å². The Hall–Kier alpha value is -1.24. The molecule has 4 nitrogen and oxygen atoms in total. The predicted molar refractivity (Wildman–Crippen MR) is 117 cm³/mol. The molecule has 2 aromatic rings. The van der Waals surface area contributed by atoms with E-state index in [4.69, 9.17) is 27.9 Å². The minimum atomic E-state index is -0.0469. The number of hydrogen-bond acceptors (Lipinski definition) is 4. The Morgan fingerprint density at radius 2 is 1.75 bits per heavy atom. The Morgan fingerprint density at radius 1 is 1.07 bits per heavy atom. The second-order valence-corrected chi connectivity index (χ2v) is 8.51. The average molecular weight is 439 g/mol. The summed E-state index contributed by atoms with van der Waals surface area (Å²) in [6, 6.07) is 13.4. The van der Waals surface area contributed by atoms with Crippen LogP contribution in [0.25, 0.3) is 0 Å². The van der Waals surface area contributed by atoms with Crippen LogP contribution in [0.2, 0.25) is 10.0 Å². The fourth-order valence-electron chi connectivity index (χ4n) is 2.96. The maximum absolute atomic E-state index is 12.3. The van der Waals surface area contributed by atoms with Crippen LogP contribution in [0.5, 0.6) is 0 Å². The Bertz CT molecular complexity index is 760. The fourth-order valence-corrected chi connectivity index (χ4v) is 4.56. The van der Waals surface area contributed by atoms with Crippen molar-refractivity contribution < 1.29 is 9.53 Å². The van der Waals surface area contributed by atoms with Crippen LogP contribution in [0.1, 0.15) is 21.5 Å². The molecule has 1 aliphatic heterocycles. The van der Waals surface area contributed by atoms with Crippen molar-refractivity contribution >= 4 is 40.9 Å². The summed E-state index contributed by atoms with van der Waals surface area (Å²) in [6.07, 6.45) is 0. The quantitative estimate of drug-likeness (QED) is 0.616.